The molecule has 152 valence electrons. The molecule has 0 spiro atoms. The Morgan fingerprint density at radius 2 is 1.79 bits per heavy atom. The lowest BCUT2D eigenvalue weighted by Gasteiger charge is -2.30. The molecule has 2 aromatic carbocycles. The van der Waals surface area contributed by atoms with Gasteiger partial charge < -0.3 is 4.90 Å². The molecule has 3 atom stereocenters. The topological polar surface area (TPSA) is 35.9 Å². The number of rotatable bonds is 6. The van der Waals surface area contributed by atoms with Crippen molar-refractivity contribution in [3.63, 3.8) is 0 Å². The van der Waals surface area contributed by atoms with E-state index in [0.29, 0.717) is 11.5 Å². The predicted octanol–water partition coefficient (Wildman–Crippen LogP) is 3.81. The molecule has 0 aliphatic carbocycles. The Morgan fingerprint density at radius 3 is 2.48 bits per heavy atom. The van der Waals surface area contributed by atoms with Gasteiger partial charge in [0, 0.05) is 29.0 Å². The third kappa shape index (κ3) is 4.68. The van der Waals surface area contributed by atoms with Crippen molar-refractivity contribution in [3.05, 3.63) is 77.4 Å². The van der Waals surface area contributed by atoms with E-state index >= 15 is 0 Å². The Kier molecular flexibility index (Phi) is 6.26. The largest absolute Gasteiger partial charge is 0.309 e. The molecular formula is C24H29N3OS. The van der Waals surface area contributed by atoms with Crippen LogP contribution in [0.15, 0.2) is 71.3 Å². The van der Waals surface area contributed by atoms with Crippen LogP contribution in [0, 0.1) is 5.92 Å². The van der Waals surface area contributed by atoms with E-state index in [1.54, 1.807) is 0 Å². The van der Waals surface area contributed by atoms with Crippen LogP contribution in [0.4, 0.5) is 0 Å². The molecule has 1 fully saturated rings. The number of fused-ring (bicyclic) bond motifs is 1. The molecule has 2 aromatic rings. The van der Waals surface area contributed by atoms with Crippen LogP contribution in [0.5, 0.6) is 0 Å². The second kappa shape index (κ2) is 9.06. The summed E-state index contributed by atoms with van der Waals surface area (Å²) in [4.78, 5) is 2.21. The van der Waals surface area contributed by atoms with Crippen molar-refractivity contribution in [1.82, 2.24) is 9.91 Å². The highest BCUT2D eigenvalue weighted by Gasteiger charge is 2.43. The van der Waals surface area contributed by atoms with Crippen molar-refractivity contribution in [2.45, 2.75) is 12.5 Å². The van der Waals surface area contributed by atoms with E-state index in [-0.39, 0.29) is 12.0 Å². The first-order chi connectivity index (χ1) is 14.1. The summed E-state index contributed by atoms with van der Waals surface area (Å²) in [5.41, 5.74) is 4.67. The second-order valence-corrected chi connectivity index (χ2v) is 9.60. The van der Waals surface area contributed by atoms with Crippen molar-refractivity contribution >= 4 is 22.6 Å². The molecule has 29 heavy (non-hydrogen) atoms. The van der Waals surface area contributed by atoms with Gasteiger partial charge in [-0.3, -0.25) is 9.22 Å². The van der Waals surface area contributed by atoms with E-state index in [9.17, 15) is 4.21 Å². The molecule has 0 N–H and O–H groups in total. The minimum absolute atomic E-state index is 0.164. The van der Waals surface area contributed by atoms with Gasteiger partial charge in [0.1, 0.15) is 0 Å². The Balaban J connectivity index is 1.68. The standard InChI is InChI=1S/C24H29N3OS/c1-26(2)14-9-15-27-24(20-12-7-4-8-13-20)22-18-29(28)17-21(23(22)25-27)16-19-10-5-3-6-11-19/h3-8,10-13,16,22,24H,9,14-15,17-18H2,1-2H3/b21-16-. The van der Waals surface area contributed by atoms with Crippen molar-refractivity contribution in [2.75, 3.05) is 38.7 Å². The van der Waals surface area contributed by atoms with Crippen LogP contribution in [-0.4, -0.2) is 58.5 Å². The van der Waals surface area contributed by atoms with E-state index in [1.807, 2.05) is 18.2 Å². The zero-order valence-electron chi connectivity index (χ0n) is 17.2. The molecule has 0 saturated carbocycles. The highest BCUT2D eigenvalue weighted by atomic mass is 32.2. The summed E-state index contributed by atoms with van der Waals surface area (Å²) in [7, 11) is 3.35. The van der Waals surface area contributed by atoms with Gasteiger partial charge in [0.15, 0.2) is 0 Å². The predicted molar refractivity (Wildman–Crippen MR) is 122 cm³/mol. The average Bonchev–Trinajstić information content (AvgIpc) is 3.07. The fourth-order valence-corrected chi connectivity index (χ4v) is 5.71. The summed E-state index contributed by atoms with van der Waals surface area (Å²) >= 11 is 0. The van der Waals surface area contributed by atoms with E-state index in [4.69, 9.17) is 5.10 Å². The molecule has 1 saturated heterocycles. The molecule has 4 nitrogen and oxygen atoms in total. The monoisotopic (exact) mass is 407 g/mol. The summed E-state index contributed by atoms with van der Waals surface area (Å²) in [6, 6.07) is 21.1. The van der Waals surface area contributed by atoms with E-state index in [2.05, 4.69) is 72.5 Å². The maximum absolute atomic E-state index is 12.8. The lowest BCUT2D eigenvalue weighted by molar-refractivity contribution is 0.198. The second-order valence-electron chi connectivity index (χ2n) is 8.10. The number of benzene rings is 2. The molecule has 0 aromatic heterocycles. The van der Waals surface area contributed by atoms with Crippen LogP contribution in [-0.2, 0) is 10.8 Å². The molecular weight excluding hydrogens is 378 g/mol. The SMILES string of the molecule is CN(C)CCCN1N=C2/C(=C\c3ccccc3)CS(=O)CC2C1c1ccccc1. The van der Waals surface area contributed by atoms with Crippen molar-refractivity contribution in [1.29, 1.82) is 0 Å². The van der Waals surface area contributed by atoms with Crippen LogP contribution in [0.3, 0.4) is 0 Å². The smallest absolute Gasteiger partial charge is 0.0813 e. The molecule has 2 aliphatic heterocycles. The van der Waals surface area contributed by atoms with Gasteiger partial charge in [-0.25, -0.2) is 0 Å². The van der Waals surface area contributed by atoms with Crippen molar-refractivity contribution in [2.24, 2.45) is 11.0 Å². The van der Waals surface area contributed by atoms with Crippen LogP contribution >= 0.6 is 0 Å². The summed E-state index contributed by atoms with van der Waals surface area (Å²) in [6.07, 6.45) is 3.23. The molecule has 0 bridgehead atoms. The van der Waals surface area contributed by atoms with Gasteiger partial charge >= 0.3 is 0 Å². The Labute approximate surface area is 176 Å². The zero-order chi connectivity index (χ0) is 20.2. The number of nitrogens with zero attached hydrogens (tertiary/aromatic N) is 3. The molecule has 5 heteroatoms. The molecule has 0 amide bonds. The number of hydrogen-bond acceptors (Lipinski definition) is 4. The van der Waals surface area contributed by atoms with Gasteiger partial charge in [-0.1, -0.05) is 60.7 Å². The minimum atomic E-state index is -0.861. The summed E-state index contributed by atoms with van der Waals surface area (Å²) in [5.74, 6) is 1.47. The van der Waals surface area contributed by atoms with E-state index in [1.165, 1.54) is 5.56 Å². The minimum Gasteiger partial charge on any atom is -0.309 e. The van der Waals surface area contributed by atoms with Crippen molar-refractivity contribution in [3.8, 4) is 0 Å². The Morgan fingerprint density at radius 1 is 1.10 bits per heavy atom. The highest BCUT2D eigenvalue weighted by Crippen LogP contribution is 2.40. The van der Waals surface area contributed by atoms with Crippen LogP contribution in [0.2, 0.25) is 0 Å². The first-order valence-corrected chi connectivity index (χ1v) is 11.8. The molecule has 4 rings (SSSR count). The first-order valence-electron chi connectivity index (χ1n) is 10.3. The maximum Gasteiger partial charge on any atom is 0.0813 e. The quantitative estimate of drug-likeness (QED) is 0.730. The molecule has 2 heterocycles. The van der Waals surface area contributed by atoms with Gasteiger partial charge in [-0.05, 0) is 49.8 Å². The lowest BCUT2D eigenvalue weighted by atomic mass is 9.87. The molecule has 3 unspecified atom stereocenters. The zero-order valence-corrected chi connectivity index (χ0v) is 18.0. The highest BCUT2D eigenvalue weighted by molar-refractivity contribution is 7.85. The van der Waals surface area contributed by atoms with E-state index in [0.717, 1.165) is 36.4 Å². The van der Waals surface area contributed by atoms with Gasteiger partial charge in [0.25, 0.3) is 0 Å². The average molecular weight is 408 g/mol. The van der Waals surface area contributed by atoms with Crippen LogP contribution in [0.25, 0.3) is 6.08 Å². The van der Waals surface area contributed by atoms with Gasteiger partial charge in [0.2, 0.25) is 0 Å². The van der Waals surface area contributed by atoms with Crippen LogP contribution in [0.1, 0.15) is 23.6 Å². The summed E-state index contributed by atoms with van der Waals surface area (Å²) < 4.78 is 12.8. The normalized spacial score (nSPS) is 25.3. The third-order valence-corrected chi connectivity index (χ3v) is 6.94. The van der Waals surface area contributed by atoms with Gasteiger partial charge in [-0.2, -0.15) is 5.10 Å². The summed E-state index contributed by atoms with van der Waals surface area (Å²) in [6.45, 7) is 1.94. The molecule has 0 radical (unpaired) electrons. The first kappa shape index (κ1) is 20.0. The Bertz CT molecular complexity index is 908. The number of hydrazone groups is 1. The number of hydrogen-bond donors (Lipinski definition) is 0. The van der Waals surface area contributed by atoms with Crippen molar-refractivity contribution < 1.29 is 4.21 Å². The van der Waals surface area contributed by atoms with Gasteiger partial charge in [0.05, 0.1) is 17.5 Å². The summed E-state index contributed by atoms with van der Waals surface area (Å²) in [5, 5.41) is 7.36. The third-order valence-electron chi connectivity index (χ3n) is 5.57. The fraction of sp³-hybridized carbons (Fsp3) is 0.375. The van der Waals surface area contributed by atoms with Crippen LogP contribution < -0.4 is 0 Å². The van der Waals surface area contributed by atoms with E-state index < -0.39 is 10.8 Å². The lowest BCUT2D eigenvalue weighted by Crippen LogP contribution is -2.35. The Hall–Kier alpha value is -2.24. The fourth-order valence-electron chi connectivity index (χ4n) is 4.27. The maximum atomic E-state index is 12.8. The molecule has 2 aliphatic rings. The van der Waals surface area contributed by atoms with Gasteiger partial charge in [-0.15, -0.1) is 0 Å².